The van der Waals surface area contributed by atoms with Gasteiger partial charge in [0.2, 0.25) is 0 Å². The van der Waals surface area contributed by atoms with Gasteiger partial charge >= 0.3 is 0 Å². The lowest BCUT2D eigenvalue weighted by molar-refractivity contribution is 0.685. The van der Waals surface area contributed by atoms with Crippen LogP contribution in [-0.4, -0.2) is 15.4 Å². The Kier molecular flexibility index (Phi) is 1.66. The Balaban J connectivity index is 1.84. The third kappa shape index (κ3) is 1.28. The summed E-state index contributed by atoms with van der Waals surface area (Å²) in [7, 11) is 0. The van der Waals surface area contributed by atoms with E-state index < -0.39 is 0 Å². The van der Waals surface area contributed by atoms with E-state index in [0.29, 0.717) is 5.92 Å². The molecular formula is C10H13ClN2. The Morgan fingerprint density at radius 2 is 2.38 bits per heavy atom. The predicted octanol–water partition coefficient (Wildman–Crippen LogP) is 2.56. The fraction of sp³-hybridized carbons (Fsp3) is 0.700. The van der Waals surface area contributed by atoms with Gasteiger partial charge in [-0.05, 0) is 25.2 Å². The van der Waals surface area contributed by atoms with Gasteiger partial charge in [-0.1, -0.05) is 0 Å². The fourth-order valence-electron chi connectivity index (χ4n) is 2.04. The van der Waals surface area contributed by atoms with E-state index in [0.717, 1.165) is 17.8 Å². The van der Waals surface area contributed by atoms with Crippen molar-refractivity contribution in [2.45, 2.75) is 31.2 Å². The molecule has 2 nitrogen and oxygen atoms in total. The first-order valence-corrected chi connectivity index (χ1v) is 5.51. The molecule has 70 valence electrons. The molecule has 1 aromatic rings. The molecule has 2 saturated carbocycles. The molecule has 2 atom stereocenters. The maximum absolute atomic E-state index is 5.83. The molecule has 3 heteroatoms. The van der Waals surface area contributed by atoms with Crippen LogP contribution in [-0.2, 0) is 0 Å². The second-order valence-electron chi connectivity index (χ2n) is 4.21. The van der Waals surface area contributed by atoms with Crippen molar-refractivity contribution in [1.29, 1.82) is 0 Å². The van der Waals surface area contributed by atoms with Crippen molar-refractivity contribution >= 4 is 11.6 Å². The summed E-state index contributed by atoms with van der Waals surface area (Å²) in [6, 6.07) is 0.758. The number of hydrogen-bond donors (Lipinski definition) is 0. The van der Waals surface area contributed by atoms with E-state index in [-0.39, 0.29) is 0 Å². The summed E-state index contributed by atoms with van der Waals surface area (Å²) in [5, 5.41) is 0. The second kappa shape index (κ2) is 2.74. The monoisotopic (exact) mass is 196 g/mol. The molecule has 2 fully saturated rings. The van der Waals surface area contributed by atoms with Crippen molar-refractivity contribution in [3.8, 4) is 0 Å². The molecule has 0 N–H and O–H groups in total. The Hall–Kier alpha value is -0.500. The van der Waals surface area contributed by atoms with Gasteiger partial charge in [0.05, 0.1) is 6.33 Å². The first kappa shape index (κ1) is 7.86. The minimum absolute atomic E-state index is 0.709. The van der Waals surface area contributed by atoms with E-state index in [9.17, 15) is 0 Å². The normalized spacial score (nSPS) is 32.1. The van der Waals surface area contributed by atoms with Crippen LogP contribution >= 0.6 is 11.6 Å². The maximum Gasteiger partial charge on any atom is 0.0950 e. The number of aromatic nitrogens is 2. The minimum atomic E-state index is 0.709. The quantitative estimate of drug-likeness (QED) is 0.680. The van der Waals surface area contributed by atoms with Crippen LogP contribution in [0.15, 0.2) is 12.5 Å². The van der Waals surface area contributed by atoms with Gasteiger partial charge in [-0.15, -0.1) is 11.6 Å². The van der Waals surface area contributed by atoms with Gasteiger partial charge < -0.3 is 4.57 Å². The molecule has 2 unspecified atom stereocenters. The largest absolute Gasteiger partial charge is 0.331 e. The lowest BCUT2D eigenvalue weighted by Crippen LogP contribution is -1.98. The van der Waals surface area contributed by atoms with Crippen LogP contribution in [0.5, 0.6) is 0 Å². The Morgan fingerprint density at radius 3 is 3.00 bits per heavy atom. The lowest BCUT2D eigenvalue weighted by Gasteiger charge is -2.04. The standard InChI is InChI=1S/C10H13ClN2/c11-4-7-3-9(7)10-5-12-6-13(10)8-1-2-8/h5-9H,1-4H2. The highest BCUT2D eigenvalue weighted by Gasteiger charge is 2.41. The van der Waals surface area contributed by atoms with Gasteiger partial charge in [0.1, 0.15) is 0 Å². The summed E-state index contributed by atoms with van der Waals surface area (Å²) in [4.78, 5) is 4.23. The number of alkyl halides is 1. The molecule has 0 bridgehead atoms. The Morgan fingerprint density at radius 1 is 1.54 bits per heavy atom. The second-order valence-corrected chi connectivity index (χ2v) is 4.52. The summed E-state index contributed by atoms with van der Waals surface area (Å²) in [6.45, 7) is 0. The van der Waals surface area contributed by atoms with Crippen LogP contribution in [0.25, 0.3) is 0 Å². The zero-order chi connectivity index (χ0) is 8.84. The minimum Gasteiger partial charge on any atom is -0.331 e. The van der Waals surface area contributed by atoms with Crippen molar-refractivity contribution < 1.29 is 0 Å². The topological polar surface area (TPSA) is 17.8 Å². The first-order chi connectivity index (χ1) is 6.40. The van der Waals surface area contributed by atoms with Gasteiger partial charge in [-0.3, -0.25) is 0 Å². The van der Waals surface area contributed by atoms with Gasteiger partial charge in [0.15, 0.2) is 0 Å². The first-order valence-electron chi connectivity index (χ1n) is 4.98. The number of hydrogen-bond acceptors (Lipinski definition) is 1. The molecule has 0 radical (unpaired) electrons. The number of rotatable bonds is 3. The van der Waals surface area contributed by atoms with Crippen LogP contribution in [0.2, 0.25) is 0 Å². The van der Waals surface area contributed by atoms with Gasteiger partial charge in [-0.25, -0.2) is 4.98 Å². The van der Waals surface area contributed by atoms with Crippen molar-refractivity contribution in [3.63, 3.8) is 0 Å². The van der Waals surface area contributed by atoms with E-state index in [1.165, 1.54) is 25.0 Å². The van der Waals surface area contributed by atoms with Crippen molar-refractivity contribution in [3.05, 3.63) is 18.2 Å². The highest BCUT2D eigenvalue weighted by atomic mass is 35.5. The third-order valence-corrected chi connectivity index (χ3v) is 3.53. The molecule has 0 aliphatic heterocycles. The Bertz CT molecular complexity index is 316. The van der Waals surface area contributed by atoms with Crippen LogP contribution in [0.3, 0.4) is 0 Å². The van der Waals surface area contributed by atoms with Crippen molar-refractivity contribution in [1.82, 2.24) is 9.55 Å². The summed E-state index contributed by atoms with van der Waals surface area (Å²) < 4.78 is 2.36. The number of imidazole rings is 1. The molecule has 3 rings (SSSR count). The molecule has 0 spiro atoms. The van der Waals surface area contributed by atoms with E-state index in [1.807, 2.05) is 12.5 Å². The molecule has 0 saturated heterocycles. The average Bonchev–Trinajstić information content (AvgIpc) is 3.06. The average molecular weight is 197 g/mol. The fourth-order valence-corrected chi connectivity index (χ4v) is 2.38. The van der Waals surface area contributed by atoms with Crippen molar-refractivity contribution in [2.24, 2.45) is 5.92 Å². The highest BCUT2D eigenvalue weighted by Crippen LogP contribution is 2.50. The summed E-state index contributed by atoms with van der Waals surface area (Å²) in [6.07, 6.45) is 7.94. The highest BCUT2D eigenvalue weighted by molar-refractivity contribution is 6.18. The zero-order valence-corrected chi connectivity index (χ0v) is 8.24. The van der Waals surface area contributed by atoms with Crippen LogP contribution in [0.1, 0.15) is 36.9 Å². The number of halogens is 1. The lowest BCUT2D eigenvalue weighted by atomic mass is 10.2. The molecular weight excluding hydrogens is 184 g/mol. The predicted molar refractivity (Wildman–Crippen MR) is 52.1 cm³/mol. The van der Waals surface area contributed by atoms with E-state index in [1.54, 1.807) is 0 Å². The summed E-state index contributed by atoms with van der Waals surface area (Å²) in [5.41, 5.74) is 1.42. The molecule has 1 heterocycles. The smallest absolute Gasteiger partial charge is 0.0950 e. The number of nitrogens with zero attached hydrogens (tertiary/aromatic N) is 2. The van der Waals surface area contributed by atoms with Gasteiger partial charge in [-0.2, -0.15) is 0 Å². The molecule has 1 aromatic heterocycles. The molecule has 2 aliphatic carbocycles. The van der Waals surface area contributed by atoms with Crippen molar-refractivity contribution in [2.75, 3.05) is 5.88 Å². The van der Waals surface area contributed by atoms with Gasteiger partial charge in [0.25, 0.3) is 0 Å². The Labute approximate surface area is 82.9 Å². The molecule has 2 aliphatic rings. The zero-order valence-electron chi connectivity index (χ0n) is 7.49. The van der Waals surface area contributed by atoms with Gasteiger partial charge in [0, 0.05) is 29.7 Å². The maximum atomic E-state index is 5.83. The van der Waals surface area contributed by atoms with Crippen LogP contribution < -0.4 is 0 Å². The summed E-state index contributed by atoms with van der Waals surface area (Å²) in [5.74, 6) is 2.23. The van der Waals surface area contributed by atoms with E-state index in [2.05, 4.69) is 9.55 Å². The SMILES string of the molecule is ClCC1CC1c1cncn1C1CC1. The third-order valence-electron chi connectivity index (χ3n) is 3.14. The molecule has 0 aromatic carbocycles. The molecule has 13 heavy (non-hydrogen) atoms. The van der Waals surface area contributed by atoms with Crippen LogP contribution in [0, 0.1) is 5.92 Å². The molecule has 0 amide bonds. The van der Waals surface area contributed by atoms with Crippen LogP contribution in [0.4, 0.5) is 0 Å². The summed E-state index contributed by atoms with van der Waals surface area (Å²) >= 11 is 5.83. The van der Waals surface area contributed by atoms with E-state index in [4.69, 9.17) is 11.6 Å². The van der Waals surface area contributed by atoms with E-state index >= 15 is 0 Å².